The fraction of sp³-hybridized carbons (Fsp3) is 0.133. The minimum Gasteiger partial charge on any atom is -0.344 e. The van der Waals surface area contributed by atoms with Crippen LogP contribution in [0.25, 0.3) is 11.1 Å². The van der Waals surface area contributed by atoms with E-state index in [2.05, 4.69) is 33.1 Å². The predicted molar refractivity (Wildman–Crippen MR) is 83.3 cm³/mol. The smallest absolute Gasteiger partial charge is 0.139 e. The van der Waals surface area contributed by atoms with Crippen LogP contribution in [0.5, 0.6) is 0 Å². The van der Waals surface area contributed by atoms with Gasteiger partial charge < -0.3 is 4.98 Å². The molecule has 0 aromatic carbocycles. The molecule has 4 nitrogen and oxygen atoms in total. The Morgan fingerprint density at radius 1 is 1.11 bits per heavy atom. The van der Waals surface area contributed by atoms with Crippen LogP contribution in [0.15, 0.2) is 53.9 Å². The Hall–Kier alpha value is -2.49. The number of nitrogens with one attached hydrogen (secondary N) is 1. The summed E-state index contributed by atoms with van der Waals surface area (Å²) in [4.78, 5) is 15.6. The van der Waals surface area contributed by atoms with E-state index in [0.717, 1.165) is 22.7 Å². The molecule has 0 aliphatic heterocycles. The highest BCUT2D eigenvalue weighted by Crippen LogP contribution is 2.14. The molecule has 0 spiro atoms. The fourth-order valence-corrected chi connectivity index (χ4v) is 1.44. The van der Waals surface area contributed by atoms with E-state index < -0.39 is 0 Å². The molecule has 1 N–H and O–H groups in total. The van der Waals surface area contributed by atoms with Crippen molar-refractivity contribution in [1.82, 2.24) is 9.97 Å². The molecule has 19 heavy (non-hydrogen) atoms. The molecule has 1 aromatic rings. The van der Waals surface area contributed by atoms with E-state index in [9.17, 15) is 0 Å². The van der Waals surface area contributed by atoms with Crippen LogP contribution in [0, 0.1) is 0 Å². The van der Waals surface area contributed by atoms with E-state index in [1.807, 2.05) is 32.2 Å². The Morgan fingerprint density at radius 2 is 1.68 bits per heavy atom. The summed E-state index contributed by atoms with van der Waals surface area (Å²) in [5, 5.41) is 0. The molecule has 0 fully saturated rings. The van der Waals surface area contributed by atoms with Crippen LogP contribution in [0.3, 0.4) is 0 Å². The highest BCUT2D eigenvalue weighted by molar-refractivity contribution is 6.10. The van der Waals surface area contributed by atoms with Crippen molar-refractivity contribution >= 4 is 23.6 Å². The van der Waals surface area contributed by atoms with E-state index in [1.165, 1.54) is 12.4 Å². The lowest BCUT2D eigenvalue weighted by atomic mass is 10.2. The van der Waals surface area contributed by atoms with Crippen LogP contribution in [0.1, 0.15) is 25.4 Å². The molecule has 0 aliphatic rings. The van der Waals surface area contributed by atoms with Gasteiger partial charge in [-0.15, -0.1) is 0 Å². The minimum atomic E-state index is 0.759. The third-order valence-electron chi connectivity index (χ3n) is 2.41. The zero-order valence-electron chi connectivity index (χ0n) is 11.3. The van der Waals surface area contributed by atoms with Gasteiger partial charge in [-0.2, -0.15) is 0 Å². The van der Waals surface area contributed by atoms with Crippen LogP contribution < -0.4 is 0 Å². The van der Waals surface area contributed by atoms with Crippen LogP contribution >= 0.6 is 0 Å². The van der Waals surface area contributed by atoms with Crippen molar-refractivity contribution in [2.45, 2.75) is 13.8 Å². The average molecular weight is 254 g/mol. The number of imidazole rings is 1. The first-order valence-corrected chi connectivity index (χ1v) is 5.93. The average Bonchev–Trinajstić information content (AvgIpc) is 2.90. The maximum absolute atomic E-state index is 4.52. The Kier molecular flexibility index (Phi) is 5.95. The summed E-state index contributed by atoms with van der Waals surface area (Å²) in [6.45, 7) is 11.0. The SMILES string of the molecule is C=C/N=C\C(=C/C)c1c[nH]c(C(/C=N\C=C)=C/C)n1. The molecular weight excluding hydrogens is 236 g/mol. The van der Waals surface area contributed by atoms with Crippen molar-refractivity contribution in [3.63, 3.8) is 0 Å². The van der Waals surface area contributed by atoms with Crippen LogP contribution in [0.4, 0.5) is 0 Å². The first-order chi connectivity index (χ1) is 9.26. The summed E-state index contributed by atoms with van der Waals surface area (Å²) in [5.74, 6) is 0.759. The highest BCUT2D eigenvalue weighted by Gasteiger charge is 2.06. The van der Waals surface area contributed by atoms with Crippen molar-refractivity contribution in [1.29, 1.82) is 0 Å². The lowest BCUT2D eigenvalue weighted by Crippen LogP contribution is -1.90. The number of allylic oxidation sites excluding steroid dienone is 4. The van der Waals surface area contributed by atoms with Crippen LogP contribution in [-0.2, 0) is 0 Å². The summed E-state index contributed by atoms with van der Waals surface area (Å²) < 4.78 is 0. The van der Waals surface area contributed by atoms with Gasteiger partial charge in [-0.3, -0.25) is 9.98 Å². The quantitative estimate of drug-likeness (QED) is 0.774. The second-order valence-electron chi connectivity index (χ2n) is 3.54. The number of nitrogens with zero attached hydrogens (tertiary/aromatic N) is 3. The normalized spacial score (nSPS) is 13.4. The van der Waals surface area contributed by atoms with Gasteiger partial charge in [0, 0.05) is 42.2 Å². The van der Waals surface area contributed by atoms with Gasteiger partial charge in [0.1, 0.15) is 5.82 Å². The molecule has 0 radical (unpaired) electrons. The Morgan fingerprint density at radius 3 is 2.21 bits per heavy atom. The van der Waals surface area contributed by atoms with Gasteiger partial charge in [0.2, 0.25) is 0 Å². The van der Waals surface area contributed by atoms with Gasteiger partial charge >= 0.3 is 0 Å². The Balaban J connectivity index is 3.04. The highest BCUT2D eigenvalue weighted by atomic mass is 14.9. The van der Waals surface area contributed by atoms with Crippen molar-refractivity contribution in [3.05, 3.63) is 55.4 Å². The van der Waals surface area contributed by atoms with E-state index in [1.54, 1.807) is 12.4 Å². The van der Waals surface area contributed by atoms with Gasteiger partial charge in [-0.25, -0.2) is 4.98 Å². The zero-order chi connectivity index (χ0) is 14.1. The number of hydrogen-bond donors (Lipinski definition) is 1. The molecule has 0 aliphatic carbocycles. The standard InChI is InChI=1S/C15H18N4/c1-5-12(9-16-7-3)14-11-18-15(19-14)13(6-2)10-17-8-4/h5-11H,3-4H2,1-2H3,(H,18,19)/b12-5+,13-6+,16-9-,17-10-. The van der Waals surface area contributed by atoms with Gasteiger partial charge in [-0.05, 0) is 13.8 Å². The predicted octanol–water partition coefficient (Wildman–Crippen LogP) is 3.64. The van der Waals surface area contributed by atoms with E-state index in [0.29, 0.717) is 0 Å². The van der Waals surface area contributed by atoms with Crippen molar-refractivity contribution in [2.24, 2.45) is 9.98 Å². The van der Waals surface area contributed by atoms with E-state index in [4.69, 9.17) is 0 Å². The molecule has 98 valence electrons. The molecule has 0 saturated carbocycles. The van der Waals surface area contributed by atoms with Crippen molar-refractivity contribution in [2.75, 3.05) is 0 Å². The second kappa shape index (κ2) is 7.76. The Labute approximate surface area is 113 Å². The van der Waals surface area contributed by atoms with Crippen molar-refractivity contribution < 1.29 is 0 Å². The number of hydrogen-bond acceptors (Lipinski definition) is 3. The number of aromatic nitrogens is 2. The number of aliphatic imine (C=N–C) groups is 2. The molecule has 0 saturated heterocycles. The van der Waals surface area contributed by atoms with Gasteiger partial charge in [-0.1, -0.05) is 25.3 Å². The summed E-state index contributed by atoms with van der Waals surface area (Å²) >= 11 is 0. The molecule has 4 heteroatoms. The summed E-state index contributed by atoms with van der Waals surface area (Å²) in [6.07, 6.45) is 12.1. The molecular formula is C15H18N4. The largest absolute Gasteiger partial charge is 0.344 e. The van der Waals surface area contributed by atoms with E-state index in [-0.39, 0.29) is 0 Å². The van der Waals surface area contributed by atoms with Crippen LogP contribution in [0.2, 0.25) is 0 Å². The maximum Gasteiger partial charge on any atom is 0.139 e. The van der Waals surface area contributed by atoms with Crippen LogP contribution in [-0.4, -0.2) is 22.4 Å². The topological polar surface area (TPSA) is 53.4 Å². The molecule has 0 unspecified atom stereocenters. The number of H-pyrrole nitrogens is 1. The molecule has 1 heterocycles. The Bertz CT molecular complexity index is 508. The first-order valence-electron chi connectivity index (χ1n) is 5.93. The third-order valence-corrected chi connectivity index (χ3v) is 2.41. The third kappa shape index (κ3) is 4.03. The zero-order valence-corrected chi connectivity index (χ0v) is 11.3. The molecule has 1 rings (SSSR count). The van der Waals surface area contributed by atoms with Crippen molar-refractivity contribution in [3.8, 4) is 0 Å². The molecule has 0 amide bonds. The van der Waals surface area contributed by atoms with Gasteiger partial charge in [0.15, 0.2) is 0 Å². The fourth-order valence-electron chi connectivity index (χ4n) is 1.44. The monoisotopic (exact) mass is 254 g/mol. The minimum absolute atomic E-state index is 0.759. The number of aromatic amines is 1. The van der Waals surface area contributed by atoms with E-state index >= 15 is 0 Å². The summed E-state index contributed by atoms with van der Waals surface area (Å²) in [7, 11) is 0. The number of rotatable bonds is 6. The second-order valence-corrected chi connectivity index (χ2v) is 3.54. The maximum atomic E-state index is 4.52. The van der Waals surface area contributed by atoms with Gasteiger partial charge in [0.05, 0.1) is 5.69 Å². The lowest BCUT2D eigenvalue weighted by Gasteiger charge is -1.95. The molecule has 0 atom stereocenters. The molecule has 0 bridgehead atoms. The summed E-state index contributed by atoms with van der Waals surface area (Å²) in [5.41, 5.74) is 2.66. The van der Waals surface area contributed by atoms with Gasteiger partial charge in [0.25, 0.3) is 0 Å². The first kappa shape index (κ1) is 14.6. The lowest BCUT2D eigenvalue weighted by molar-refractivity contribution is 1.24. The molecule has 1 aromatic heterocycles. The summed E-state index contributed by atoms with van der Waals surface area (Å²) in [6, 6.07) is 0.